The molecule has 304 valence electrons. The molecule has 54 heavy (non-hydrogen) atoms. The van der Waals surface area contributed by atoms with Crippen molar-refractivity contribution in [3.8, 4) is 0 Å². The number of hydrogen-bond donors (Lipinski definition) is 0. The van der Waals surface area contributed by atoms with Crippen molar-refractivity contribution in [1.29, 1.82) is 0 Å². The minimum atomic E-state index is -1.46. The lowest BCUT2D eigenvalue weighted by atomic mass is 9.46. The van der Waals surface area contributed by atoms with Crippen LogP contribution < -0.4 is 0 Å². The van der Waals surface area contributed by atoms with E-state index >= 15 is 0 Å². The number of fused-ring (bicyclic) bond motifs is 1. The lowest BCUT2D eigenvalue weighted by Gasteiger charge is -2.61. The lowest BCUT2D eigenvalue weighted by molar-refractivity contribution is -0.334. The largest absolute Gasteiger partial charge is 0.469 e. The molecule has 0 radical (unpaired) electrons. The molecule has 1 saturated carbocycles. The SMILES string of the molecule is C/C=C(/C)C(=O)O[C@@H]1[C@@H](O[C@@H]2O[C@H](COC(C)=O)[C@@H](OC(C)=O)[C@H](OC(C)=O)[C@H]2OC(C)=O)C[C@@]2(C)[C@H](CC[C@@H](C)CC(=O)OC)C(C)=CC[C@@H]2C1(C)C. The highest BCUT2D eigenvalue weighted by Crippen LogP contribution is 2.62. The summed E-state index contributed by atoms with van der Waals surface area (Å²) in [7, 11) is 1.38. The van der Waals surface area contributed by atoms with Crippen LogP contribution in [0, 0.1) is 28.6 Å². The molecule has 0 unspecified atom stereocenters. The van der Waals surface area contributed by atoms with E-state index in [1.165, 1.54) is 19.6 Å². The van der Waals surface area contributed by atoms with Gasteiger partial charge in [0.1, 0.15) is 18.8 Å². The van der Waals surface area contributed by atoms with Crippen molar-refractivity contribution in [3.05, 3.63) is 23.3 Å². The van der Waals surface area contributed by atoms with Gasteiger partial charge in [0.05, 0.1) is 13.2 Å². The first-order valence-electron chi connectivity index (χ1n) is 18.7. The summed E-state index contributed by atoms with van der Waals surface area (Å²) in [6.45, 7) is 18.1. The third-order valence-electron chi connectivity index (χ3n) is 11.4. The summed E-state index contributed by atoms with van der Waals surface area (Å²) in [5.41, 5.74) is 0.504. The van der Waals surface area contributed by atoms with Crippen molar-refractivity contribution >= 4 is 35.8 Å². The number of rotatable bonds is 14. The highest BCUT2D eigenvalue weighted by Gasteiger charge is 2.62. The summed E-state index contributed by atoms with van der Waals surface area (Å²) in [4.78, 5) is 74.9. The minimum absolute atomic E-state index is 0.0218. The monoisotopic (exact) mass is 764 g/mol. The Kier molecular flexibility index (Phi) is 15.5. The zero-order chi connectivity index (χ0) is 40.7. The summed E-state index contributed by atoms with van der Waals surface area (Å²) in [6.07, 6.45) is -1.75. The van der Waals surface area contributed by atoms with Gasteiger partial charge < -0.3 is 37.9 Å². The predicted molar refractivity (Wildman–Crippen MR) is 193 cm³/mol. The molecular formula is C40H60O14. The third-order valence-corrected chi connectivity index (χ3v) is 11.4. The van der Waals surface area contributed by atoms with Crippen LogP contribution in [-0.4, -0.2) is 92.4 Å². The standard InChI is InChI=1S/C40H60O14/c1-13-22(3)37(46)54-36-29(19-40(11)28(16-14-21(2)18-32(45)47-12)23(4)15-17-31(40)39(36,9)10)52-38-35(51-27(8)44)34(50-26(7)43)33(49-25(6)42)30(53-38)20-48-24(5)41/h13,15,21,28-31,33-36,38H,14,16-20H2,1-12H3/b22-13-/t21-,28-,29+,30-,31-,33-,34+,35-,36-,38-,40+/m1/s1. The van der Waals surface area contributed by atoms with Crippen molar-refractivity contribution < 1.29 is 66.7 Å². The van der Waals surface area contributed by atoms with Crippen molar-refractivity contribution in [2.75, 3.05) is 13.7 Å². The molecule has 1 heterocycles. The third kappa shape index (κ3) is 10.7. The number of methoxy groups -OCH3 is 1. The molecule has 1 saturated heterocycles. The predicted octanol–water partition coefficient (Wildman–Crippen LogP) is 5.33. The molecule has 0 amide bonds. The van der Waals surface area contributed by atoms with Gasteiger partial charge in [-0.3, -0.25) is 24.0 Å². The van der Waals surface area contributed by atoms with E-state index in [1.54, 1.807) is 19.9 Å². The Hall–Kier alpha value is -3.78. The number of ether oxygens (including phenoxy) is 8. The van der Waals surface area contributed by atoms with Crippen LogP contribution in [0.2, 0.25) is 0 Å². The van der Waals surface area contributed by atoms with Crippen LogP contribution in [0.15, 0.2) is 23.3 Å². The summed E-state index contributed by atoms with van der Waals surface area (Å²) >= 11 is 0. The van der Waals surface area contributed by atoms with E-state index in [0.29, 0.717) is 18.4 Å². The molecule has 0 spiro atoms. The van der Waals surface area contributed by atoms with Crippen molar-refractivity contribution in [3.63, 3.8) is 0 Å². The van der Waals surface area contributed by atoms with Gasteiger partial charge in [0.2, 0.25) is 0 Å². The second-order valence-electron chi connectivity index (χ2n) is 15.8. The molecule has 14 heteroatoms. The highest BCUT2D eigenvalue weighted by molar-refractivity contribution is 5.87. The highest BCUT2D eigenvalue weighted by atomic mass is 16.7. The van der Waals surface area contributed by atoms with Crippen molar-refractivity contribution in [2.24, 2.45) is 28.6 Å². The summed E-state index contributed by atoms with van der Waals surface area (Å²) in [5.74, 6) is -3.54. The Bertz CT molecular complexity index is 1460. The first-order chi connectivity index (χ1) is 25.2. The Morgan fingerprint density at radius 1 is 0.889 bits per heavy atom. The molecule has 2 aliphatic carbocycles. The Balaban J connectivity index is 2.16. The summed E-state index contributed by atoms with van der Waals surface area (Å²) in [5, 5.41) is 0. The first kappa shape index (κ1) is 44.6. The smallest absolute Gasteiger partial charge is 0.333 e. The number of carbonyl (C=O) groups is 6. The molecule has 3 rings (SSSR count). The maximum Gasteiger partial charge on any atom is 0.333 e. The molecule has 0 aromatic heterocycles. The molecule has 0 aromatic carbocycles. The second-order valence-corrected chi connectivity index (χ2v) is 15.8. The van der Waals surface area contributed by atoms with Crippen molar-refractivity contribution in [2.45, 2.75) is 151 Å². The number of allylic oxidation sites excluding steroid dienone is 3. The van der Waals surface area contributed by atoms with Crippen LogP contribution in [-0.2, 0) is 66.7 Å². The fourth-order valence-corrected chi connectivity index (χ4v) is 8.76. The van der Waals surface area contributed by atoms with Crippen LogP contribution in [0.25, 0.3) is 0 Å². The Labute approximate surface area is 318 Å². The molecule has 14 nitrogen and oxygen atoms in total. The van der Waals surface area contributed by atoms with E-state index in [1.807, 2.05) is 20.8 Å². The van der Waals surface area contributed by atoms with Gasteiger partial charge >= 0.3 is 35.8 Å². The van der Waals surface area contributed by atoms with Gasteiger partial charge in [-0.05, 0) is 69.6 Å². The molecule has 2 fully saturated rings. The van der Waals surface area contributed by atoms with Gasteiger partial charge in [-0.1, -0.05) is 45.4 Å². The second kappa shape index (κ2) is 18.7. The van der Waals surface area contributed by atoms with E-state index < -0.39 is 90.2 Å². The zero-order valence-electron chi connectivity index (χ0n) is 33.9. The quantitative estimate of drug-likeness (QED) is 0.0960. The van der Waals surface area contributed by atoms with Crippen LogP contribution >= 0.6 is 0 Å². The van der Waals surface area contributed by atoms with Crippen LogP contribution in [0.1, 0.15) is 108 Å². The van der Waals surface area contributed by atoms with Crippen LogP contribution in [0.4, 0.5) is 0 Å². The molecule has 0 aromatic rings. The molecule has 1 aliphatic heterocycles. The van der Waals surface area contributed by atoms with Crippen LogP contribution in [0.5, 0.6) is 0 Å². The van der Waals surface area contributed by atoms with Crippen molar-refractivity contribution in [1.82, 2.24) is 0 Å². The van der Waals surface area contributed by atoms with Gasteiger partial charge in [0, 0.05) is 45.1 Å². The van der Waals surface area contributed by atoms with Gasteiger partial charge in [0.25, 0.3) is 0 Å². The van der Waals surface area contributed by atoms with E-state index in [-0.39, 0.29) is 23.7 Å². The molecule has 0 N–H and O–H groups in total. The van der Waals surface area contributed by atoms with Gasteiger partial charge in [-0.15, -0.1) is 0 Å². The molecule has 3 aliphatic rings. The van der Waals surface area contributed by atoms with Gasteiger partial charge in [-0.2, -0.15) is 0 Å². The maximum absolute atomic E-state index is 13.5. The average Bonchev–Trinajstić information content (AvgIpc) is 3.06. The first-order valence-corrected chi connectivity index (χ1v) is 18.7. The topological polar surface area (TPSA) is 176 Å². The van der Waals surface area contributed by atoms with E-state index in [4.69, 9.17) is 37.9 Å². The Morgan fingerprint density at radius 2 is 1.48 bits per heavy atom. The van der Waals surface area contributed by atoms with E-state index in [9.17, 15) is 28.8 Å². The number of carbonyl (C=O) groups excluding carboxylic acids is 6. The lowest BCUT2D eigenvalue weighted by Crippen LogP contribution is -2.66. The number of esters is 6. The average molecular weight is 765 g/mol. The fourth-order valence-electron chi connectivity index (χ4n) is 8.76. The van der Waals surface area contributed by atoms with E-state index in [2.05, 4.69) is 19.9 Å². The fraction of sp³-hybridized carbons (Fsp3) is 0.750. The van der Waals surface area contributed by atoms with Gasteiger partial charge in [-0.25, -0.2) is 4.79 Å². The van der Waals surface area contributed by atoms with Crippen LogP contribution in [0.3, 0.4) is 0 Å². The van der Waals surface area contributed by atoms with E-state index in [0.717, 1.165) is 40.0 Å². The summed E-state index contributed by atoms with van der Waals surface area (Å²) in [6, 6.07) is 0. The normalized spacial score (nSPS) is 32.5. The molecular weight excluding hydrogens is 704 g/mol. The van der Waals surface area contributed by atoms with Gasteiger partial charge in [0.15, 0.2) is 24.6 Å². The Morgan fingerprint density at radius 3 is 2.04 bits per heavy atom. The summed E-state index contributed by atoms with van der Waals surface area (Å²) < 4.78 is 46.6. The molecule has 0 bridgehead atoms. The maximum atomic E-state index is 13.5. The zero-order valence-corrected chi connectivity index (χ0v) is 33.9. The number of hydrogen-bond acceptors (Lipinski definition) is 14. The molecule has 11 atom stereocenters. The minimum Gasteiger partial charge on any atom is -0.469 e.